The first-order valence-corrected chi connectivity index (χ1v) is 14.4. The predicted octanol–water partition coefficient (Wildman–Crippen LogP) is 6.36. The quantitative estimate of drug-likeness (QED) is 0.340. The third-order valence-corrected chi connectivity index (χ3v) is 10.1. The molecule has 0 amide bonds. The van der Waals surface area contributed by atoms with Gasteiger partial charge in [-0.2, -0.15) is 0 Å². The Morgan fingerprint density at radius 3 is 2.49 bits per heavy atom. The molecule has 2 aromatic carbocycles. The number of hydrogen-bond acceptors (Lipinski definition) is 4. The van der Waals surface area contributed by atoms with Gasteiger partial charge in [-0.3, -0.25) is 14.6 Å². The number of ether oxygens (including phenoxy) is 1. The second kappa shape index (κ2) is 10.2. The van der Waals surface area contributed by atoms with Crippen molar-refractivity contribution in [3.63, 3.8) is 0 Å². The number of esters is 1. The minimum Gasteiger partial charge on any atom is -0.462 e. The Morgan fingerprint density at radius 1 is 1.05 bits per heavy atom. The Hall–Kier alpha value is -2.14. The zero-order chi connectivity index (χ0) is 25.6. The lowest BCUT2D eigenvalue weighted by Crippen LogP contribution is -2.50. The Balaban J connectivity index is 1.13. The maximum absolute atomic E-state index is 13.1. The Kier molecular flexibility index (Phi) is 6.94. The molecule has 0 aromatic heterocycles. The summed E-state index contributed by atoms with van der Waals surface area (Å²) in [5, 5.41) is 0.766. The van der Waals surface area contributed by atoms with Crippen LogP contribution in [0.5, 0.6) is 0 Å². The number of allylic oxidation sites excluding steroid dienone is 1. The van der Waals surface area contributed by atoms with Gasteiger partial charge >= 0.3 is 5.97 Å². The van der Waals surface area contributed by atoms with Gasteiger partial charge in [-0.05, 0) is 66.7 Å². The molecule has 4 fully saturated rings. The first-order chi connectivity index (χ1) is 17.9. The fourth-order valence-corrected chi connectivity index (χ4v) is 7.97. The highest BCUT2D eigenvalue weighted by Crippen LogP contribution is 2.57. The summed E-state index contributed by atoms with van der Waals surface area (Å²) in [6, 6.07) is 19.2. The number of benzene rings is 2. The molecule has 2 saturated carbocycles. The van der Waals surface area contributed by atoms with Crippen LogP contribution in [-0.4, -0.2) is 54.6 Å². The average Bonchev–Trinajstić information content (AvgIpc) is 3.19. The molecule has 2 aromatic rings. The molecular formula is C32H39ClN2O2. The van der Waals surface area contributed by atoms with Gasteiger partial charge in [0, 0.05) is 43.7 Å². The number of halogens is 1. The van der Waals surface area contributed by atoms with Gasteiger partial charge in [0.1, 0.15) is 6.10 Å². The lowest BCUT2D eigenvalue weighted by atomic mass is 9.55. The number of rotatable bonds is 5. The topological polar surface area (TPSA) is 32.8 Å². The van der Waals surface area contributed by atoms with Crippen LogP contribution in [0.2, 0.25) is 5.02 Å². The Morgan fingerprint density at radius 2 is 1.76 bits per heavy atom. The molecule has 0 unspecified atom stereocenters. The maximum Gasteiger partial charge on any atom is 0.310 e. The maximum atomic E-state index is 13.1. The van der Waals surface area contributed by atoms with Crippen LogP contribution in [0.1, 0.15) is 56.2 Å². The standard InChI is InChI=1S/C32H39ClN2O2/c1-22-7-6-14-32(2)20-29-26(19-28(22)32)27(31(36)37-29)21-34-15-17-35(18-16-34)30(23-8-4-3-5-9-23)24-10-12-25(33)13-11-24/h3-5,8-13,26-30H,1,6-7,14-21H2,2H3/t26-,27-,28+,29+,30-,32-/m0/s1. The molecule has 2 aliphatic carbocycles. The molecule has 6 atom stereocenters. The normalized spacial score (nSPS) is 33.5. The highest BCUT2D eigenvalue weighted by atomic mass is 35.5. The molecule has 37 heavy (non-hydrogen) atoms. The highest BCUT2D eigenvalue weighted by Gasteiger charge is 2.55. The van der Waals surface area contributed by atoms with E-state index in [1.807, 2.05) is 12.1 Å². The first kappa shape index (κ1) is 25.2. The van der Waals surface area contributed by atoms with E-state index in [2.05, 4.69) is 65.8 Å². The van der Waals surface area contributed by atoms with Crippen LogP contribution in [0.4, 0.5) is 0 Å². The molecule has 0 radical (unpaired) electrons. The molecule has 4 aliphatic rings. The number of hydrogen-bond donors (Lipinski definition) is 0. The number of fused-ring (bicyclic) bond motifs is 2. The van der Waals surface area contributed by atoms with Gasteiger partial charge in [0.15, 0.2) is 0 Å². The molecule has 196 valence electrons. The second-order valence-electron chi connectivity index (χ2n) is 12.1. The van der Waals surface area contributed by atoms with Gasteiger partial charge in [-0.15, -0.1) is 0 Å². The van der Waals surface area contributed by atoms with Crippen LogP contribution >= 0.6 is 11.6 Å². The van der Waals surface area contributed by atoms with Gasteiger partial charge in [-0.1, -0.05) is 73.1 Å². The Bertz CT molecular complexity index is 1130. The van der Waals surface area contributed by atoms with Crippen molar-refractivity contribution in [2.75, 3.05) is 32.7 Å². The molecular weight excluding hydrogens is 480 g/mol. The van der Waals surface area contributed by atoms with Crippen LogP contribution < -0.4 is 0 Å². The third kappa shape index (κ3) is 4.89. The van der Waals surface area contributed by atoms with Gasteiger partial charge in [0.05, 0.1) is 12.0 Å². The summed E-state index contributed by atoms with van der Waals surface area (Å²) in [6.45, 7) is 11.5. The molecule has 0 spiro atoms. The van der Waals surface area contributed by atoms with E-state index in [1.165, 1.54) is 29.5 Å². The van der Waals surface area contributed by atoms with Crippen molar-refractivity contribution in [2.45, 2.75) is 51.2 Å². The minimum absolute atomic E-state index is 0.00277. The van der Waals surface area contributed by atoms with Crippen LogP contribution in [-0.2, 0) is 9.53 Å². The van der Waals surface area contributed by atoms with E-state index in [0.29, 0.717) is 11.8 Å². The lowest BCUT2D eigenvalue weighted by Gasteiger charge is -2.50. The molecule has 6 rings (SSSR count). The van der Waals surface area contributed by atoms with E-state index in [1.54, 1.807) is 0 Å². The number of carbonyl (C=O) groups is 1. The lowest BCUT2D eigenvalue weighted by molar-refractivity contribution is -0.146. The smallest absolute Gasteiger partial charge is 0.310 e. The van der Waals surface area contributed by atoms with Crippen molar-refractivity contribution in [2.24, 2.45) is 23.2 Å². The summed E-state index contributed by atoms with van der Waals surface area (Å²) in [6.07, 6.45) is 5.79. The zero-order valence-corrected chi connectivity index (χ0v) is 22.7. The van der Waals surface area contributed by atoms with E-state index in [4.69, 9.17) is 16.3 Å². The molecule has 2 saturated heterocycles. The molecule has 2 aliphatic heterocycles. The van der Waals surface area contributed by atoms with Crippen molar-refractivity contribution in [1.29, 1.82) is 0 Å². The van der Waals surface area contributed by atoms with Gasteiger partial charge < -0.3 is 4.74 Å². The number of nitrogens with zero attached hydrogens (tertiary/aromatic N) is 2. The molecule has 2 heterocycles. The fourth-order valence-electron chi connectivity index (χ4n) is 7.84. The number of carbonyl (C=O) groups excluding carboxylic acids is 1. The number of piperazine rings is 1. The van der Waals surface area contributed by atoms with E-state index in [-0.39, 0.29) is 29.4 Å². The van der Waals surface area contributed by atoms with E-state index < -0.39 is 0 Å². The van der Waals surface area contributed by atoms with E-state index in [0.717, 1.165) is 57.0 Å². The summed E-state index contributed by atoms with van der Waals surface area (Å²) in [5.74, 6) is 0.914. The second-order valence-corrected chi connectivity index (χ2v) is 12.5. The summed E-state index contributed by atoms with van der Waals surface area (Å²) < 4.78 is 6.04. The summed E-state index contributed by atoms with van der Waals surface area (Å²) in [7, 11) is 0. The largest absolute Gasteiger partial charge is 0.462 e. The van der Waals surface area contributed by atoms with Crippen molar-refractivity contribution >= 4 is 17.6 Å². The summed E-state index contributed by atoms with van der Waals surface area (Å²) in [5.41, 5.74) is 4.24. The van der Waals surface area contributed by atoms with E-state index >= 15 is 0 Å². The van der Waals surface area contributed by atoms with Crippen LogP contribution in [0.3, 0.4) is 0 Å². The predicted molar refractivity (Wildman–Crippen MR) is 148 cm³/mol. The molecule has 4 nitrogen and oxygen atoms in total. The first-order valence-electron chi connectivity index (χ1n) is 14.1. The molecule has 5 heteroatoms. The minimum atomic E-state index is -0.00277. The third-order valence-electron chi connectivity index (χ3n) is 9.85. The van der Waals surface area contributed by atoms with Crippen LogP contribution in [0, 0.1) is 23.2 Å². The SMILES string of the molecule is C=C1CCC[C@@]2(C)C[C@H]3OC(=O)[C@@H](CN4CCN([C@@H](c5ccccc5)c5ccc(Cl)cc5)CC4)[C@@H]3C[C@H]12. The molecule has 0 N–H and O–H groups in total. The molecule has 0 bridgehead atoms. The van der Waals surface area contributed by atoms with Crippen molar-refractivity contribution < 1.29 is 9.53 Å². The highest BCUT2D eigenvalue weighted by molar-refractivity contribution is 6.30. The van der Waals surface area contributed by atoms with Crippen LogP contribution in [0.25, 0.3) is 0 Å². The Labute approximate surface area is 226 Å². The zero-order valence-electron chi connectivity index (χ0n) is 21.9. The van der Waals surface area contributed by atoms with Gasteiger partial charge in [0.2, 0.25) is 0 Å². The fraction of sp³-hybridized carbons (Fsp3) is 0.531. The average molecular weight is 519 g/mol. The summed E-state index contributed by atoms with van der Waals surface area (Å²) in [4.78, 5) is 18.2. The summed E-state index contributed by atoms with van der Waals surface area (Å²) >= 11 is 6.20. The van der Waals surface area contributed by atoms with Crippen molar-refractivity contribution in [1.82, 2.24) is 9.80 Å². The van der Waals surface area contributed by atoms with Crippen LogP contribution in [0.15, 0.2) is 66.7 Å². The van der Waals surface area contributed by atoms with E-state index in [9.17, 15) is 4.79 Å². The van der Waals surface area contributed by atoms with Crippen molar-refractivity contribution in [3.8, 4) is 0 Å². The van der Waals surface area contributed by atoms with Gasteiger partial charge in [0.25, 0.3) is 0 Å². The van der Waals surface area contributed by atoms with Gasteiger partial charge in [-0.25, -0.2) is 0 Å². The monoisotopic (exact) mass is 518 g/mol. The van der Waals surface area contributed by atoms with Crippen molar-refractivity contribution in [3.05, 3.63) is 82.9 Å².